The molecule has 0 amide bonds. The van der Waals surface area contributed by atoms with E-state index in [1.165, 1.54) is 0 Å². The molecule has 0 aliphatic carbocycles. The number of aliphatic imine (C=N–C) groups is 2. The van der Waals surface area contributed by atoms with E-state index >= 15 is 0 Å². The first-order valence-corrected chi connectivity index (χ1v) is 8.69. The van der Waals surface area contributed by atoms with Crippen LogP contribution in [-0.4, -0.2) is 28.6 Å². The van der Waals surface area contributed by atoms with Gasteiger partial charge in [-0.15, -0.1) is 11.3 Å². The van der Waals surface area contributed by atoms with Crippen LogP contribution in [0.15, 0.2) is 64.2 Å². The van der Waals surface area contributed by atoms with Gasteiger partial charge in [0.15, 0.2) is 5.82 Å². The Hall–Kier alpha value is -3.06. The van der Waals surface area contributed by atoms with Crippen molar-refractivity contribution in [3.63, 3.8) is 0 Å². The van der Waals surface area contributed by atoms with E-state index in [0.29, 0.717) is 11.6 Å². The molecule has 0 saturated heterocycles. The van der Waals surface area contributed by atoms with Gasteiger partial charge < -0.3 is 11.1 Å². The summed E-state index contributed by atoms with van der Waals surface area (Å²) in [4.78, 5) is 19.4. The molecule has 0 aromatic carbocycles. The van der Waals surface area contributed by atoms with E-state index in [1.54, 1.807) is 23.7 Å². The van der Waals surface area contributed by atoms with Crippen LogP contribution >= 0.6 is 11.3 Å². The number of pyridine rings is 2. The molecule has 0 bridgehead atoms. The lowest BCUT2D eigenvalue weighted by Crippen LogP contribution is -2.24. The minimum Gasteiger partial charge on any atom is -0.384 e. The Morgan fingerprint density at radius 3 is 2.80 bits per heavy atom. The molecule has 0 radical (unpaired) electrons. The first-order chi connectivity index (χ1) is 12.3. The quantitative estimate of drug-likeness (QED) is 0.745. The zero-order valence-corrected chi connectivity index (χ0v) is 14.4. The second-order valence-electron chi connectivity index (χ2n) is 5.49. The number of amidine groups is 1. The van der Waals surface area contributed by atoms with Crippen LogP contribution in [0.4, 0.5) is 11.6 Å². The second-order valence-corrected chi connectivity index (χ2v) is 6.47. The third kappa shape index (κ3) is 2.89. The van der Waals surface area contributed by atoms with Gasteiger partial charge in [-0.25, -0.2) is 15.0 Å². The molecule has 1 atom stereocenters. The molecule has 124 valence electrons. The Balaban J connectivity index is 1.97. The first-order valence-electron chi connectivity index (χ1n) is 7.81. The number of nitrogens with one attached hydrogen (secondary N) is 1. The summed E-state index contributed by atoms with van der Waals surface area (Å²) in [7, 11) is 1.85. The van der Waals surface area contributed by atoms with E-state index in [4.69, 9.17) is 15.7 Å². The molecular formula is C18H16N6S. The molecule has 3 aromatic heterocycles. The number of hydrogen-bond donors (Lipinski definition) is 2. The number of fused-ring (bicyclic) bond motifs is 1. The highest BCUT2D eigenvalue weighted by atomic mass is 32.1. The van der Waals surface area contributed by atoms with Crippen LogP contribution in [0.1, 0.15) is 22.0 Å². The van der Waals surface area contributed by atoms with Crippen molar-refractivity contribution in [1.82, 2.24) is 15.3 Å². The number of rotatable bonds is 2. The molecule has 6 nitrogen and oxygen atoms in total. The van der Waals surface area contributed by atoms with E-state index < -0.39 is 0 Å². The van der Waals surface area contributed by atoms with Crippen LogP contribution < -0.4 is 11.1 Å². The van der Waals surface area contributed by atoms with Gasteiger partial charge in [0, 0.05) is 35.4 Å². The molecule has 0 saturated carbocycles. The third-order valence-corrected chi connectivity index (χ3v) is 4.83. The first kappa shape index (κ1) is 15.5. The van der Waals surface area contributed by atoms with Crippen molar-refractivity contribution < 1.29 is 0 Å². The summed E-state index contributed by atoms with van der Waals surface area (Å²) >= 11 is 1.65. The predicted octanol–water partition coefficient (Wildman–Crippen LogP) is 2.96. The summed E-state index contributed by atoms with van der Waals surface area (Å²) in [6.07, 6.45) is 3.42. The number of nitrogens with zero attached hydrogens (tertiary/aromatic N) is 4. The molecule has 0 fully saturated rings. The van der Waals surface area contributed by atoms with Gasteiger partial charge in [0.25, 0.3) is 0 Å². The van der Waals surface area contributed by atoms with Crippen molar-refractivity contribution in [2.45, 2.75) is 6.04 Å². The Morgan fingerprint density at radius 2 is 2.04 bits per heavy atom. The lowest BCUT2D eigenvalue weighted by atomic mass is 10.0. The Kier molecular flexibility index (Phi) is 3.99. The average Bonchev–Trinajstić information content (AvgIpc) is 3.10. The van der Waals surface area contributed by atoms with E-state index in [2.05, 4.69) is 21.4 Å². The summed E-state index contributed by atoms with van der Waals surface area (Å²) in [5.74, 6) is 1.86. The summed E-state index contributed by atoms with van der Waals surface area (Å²) < 4.78 is 0. The summed E-state index contributed by atoms with van der Waals surface area (Å²) in [6, 6.07) is 11.5. The zero-order chi connectivity index (χ0) is 17.2. The second kappa shape index (κ2) is 6.45. The maximum Gasteiger partial charge on any atom is 0.163 e. The number of likely N-dealkylation sites (N-methyl/N-ethyl adjacent to an activating group) is 1. The van der Waals surface area contributed by atoms with E-state index in [0.717, 1.165) is 27.6 Å². The van der Waals surface area contributed by atoms with E-state index in [1.807, 2.05) is 42.8 Å². The fourth-order valence-electron chi connectivity index (χ4n) is 2.77. The normalized spacial score (nSPS) is 16.4. The van der Waals surface area contributed by atoms with Crippen LogP contribution in [0, 0.1) is 0 Å². The molecule has 3 aromatic rings. The smallest absolute Gasteiger partial charge is 0.163 e. The monoisotopic (exact) mass is 348 g/mol. The highest BCUT2D eigenvalue weighted by molar-refractivity contribution is 7.10. The fraction of sp³-hybridized carbons (Fsp3) is 0.111. The maximum absolute atomic E-state index is 5.89. The van der Waals surface area contributed by atoms with Gasteiger partial charge >= 0.3 is 0 Å². The number of nitrogens with two attached hydrogens (primary N) is 1. The molecule has 1 aliphatic rings. The van der Waals surface area contributed by atoms with Crippen molar-refractivity contribution in [3.8, 4) is 0 Å². The number of thiophene rings is 1. The maximum atomic E-state index is 5.89. The zero-order valence-electron chi connectivity index (χ0n) is 13.5. The average molecular weight is 348 g/mol. The Morgan fingerprint density at radius 1 is 1.12 bits per heavy atom. The third-order valence-electron chi connectivity index (χ3n) is 3.91. The van der Waals surface area contributed by atoms with E-state index in [9.17, 15) is 0 Å². The van der Waals surface area contributed by atoms with Crippen LogP contribution in [0.2, 0.25) is 0 Å². The molecule has 3 N–H and O–H groups in total. The number of aromatic nitrogens is 2. The fourth-order valence-corrected chi connectivity index (χ4v) is 3.53. The number of nitrogen functional groups attached to an aromatic ring is 1. The van der Waals surface area contributed by atoms with Gasteiger partial charge in [-0.1, -0.05) is 6.07 Å². The summed E-state index contributed by atoms with van der Waals surface area (Å²) in [5.41, 5.74) is 8.47. The minimum atomic E-state index is -0.219. The molecule has 1 aliphatic heterocycles. The van der Waals surface area contributed by atoms with Crippen LogP contribution in [0.5, 0.6) is 0 Å². The predicted molar refractivity (Wildman–Crippen MR) is 102 cm³/mol. The minimum absolute atomic E-state index is 0.219. The van der Waals surface area contributed by atoms with Crippen LogP contribution in [0.3, 0.4) is 0 Å². The SMILES string of the molecule is CNC1=Nc2ncccc2C(c2ccnc(N)c2)=NC1c1cccs1. The molecule has 4 heterocycles. The van der Waals surface area contributed by atoms with E-state index in [-0.39, 0.29) is 6.04 Å². The van der Waals surface area contributed by atoms with Crippen molar-refractivity contribution >= 4 is 34.5 Å². The van der Waals surface area contributed by atoms with Gasteiger partial charge in [-0.2, -0.15) is 0 Å². The topological polar surface area (TPSA) is 88.5 Å². The standard InChI is InChI=1S/C18H16N6S/c1-20-18-16(13-5-3-9-25-13)23-15(11-6-8-21-14(19)10-11)12-4-2-7-22-17(12)24-18/h2-10,16H,1H3,(H2,19,21)(H,20,22,24). The summed E-state index contributed by atoms with van der Waals surface area (Å²) in [6.45, 7) is 0. The van der Waals surface area contributed by atoms with Crippen molar-refractivity contribution in [3.05, 3.63) is 70.2 Å². The van der Waals surface area contributed by atoms with Gasteiger partial charge in [-0.05, 0) is 35.7 Å². The molecule has 7 heteroatoms. The lowest BCUT2D eigenvalue weighted by molar-refractivity contribution is 0.927. The summed E-state index contributed by atoms with van der Waals surface area (Å²) in [5, 5.41) is 5.22. The van der Waals surface area contributed by atoms with Gasteiger partial charge in [-0.3, -0.25) is 4.99 Å². The van der Waals surface area contributed by atoms with Gasteiger partial charge in [0.2, 0.25) is 0 Å². The van der Waals surface area contributed by atoms with Gasteiger partial charge in [0.1, 0.15) is 17.7 Å². The molecule has 4 rings (SSSR count). The Bertz CT molecular complexity index is 961. The highest BCUT2D eigenvalue weighted by Crippen LogP contribution is 2.32. The number of hydrogen-bond acceptors (Lipinski definition) is 7. The number of anilines is 1. The molecule has 25 heavy (non-hydrogen) atoms. The largest absolute Gasteiger partial charge is 0.384 e. The molecule has 1 unspecified atom stereocenters. The highest BCUT2D eigenvalue weighted by Gasteiger charge is 2.25. The van der Waals surface area contributed by atoms with Crippen LogP contribution in [-0.2, 0) is 0 Å². The molecule has 0 spiro atoms. The van der Waals surface area contributed by atoms with Crippen LogP contribution in [0.25, 0.3) is 0 Å². The van der Waals surface area contributed by atoms with Crippen molar-refractivity contribution in [2.75, 3.05) is 12.8 Å². The van der Waals surface area contributed by atoms with Gasteiger partial charge in [0.05, 0.1) is 5.71 Å². The molecular weight excluding hydrogens is 332 g/mol. The van der Waals surface area contributed by atoms with Crippen molar-refractivity contribution in [2.24, 2.45) is 9.98 Å². The Labute approximate surface area is 149 Å². The van der Waals surface area contributed by atoms with Crippen molar-refractivity contribution in [1.29, 1.82) is 0 Å². The lowest BCUT2D eigenvalue weighted by Gasteiger charge is -2.13.